The minimum Gasteiger partial charge on any atom is -0.490 e. The average molecular weight is 278 g/mol. The summed E-state index contributed by atoms with van der Waals surface area (Å²) in [5, 5.41) is 6.05. The Hall–Kier alpha value is -1.75. The van der Waals surface area contributed by atoms with E-state index in [4.69, 9.17) is 9.47 Å². The van der Waals surface area contributed by atoms with Gasteiger partial charge in [0.05, 0.1) is 6.54 Å². The minimum absolute atomic E-state index is 0.207. The van der Waals surface area contributed by atoms with Crippen LogP contribution in [-0.2, 0) is 4.74 Å². The number of carbonyl (C=O) groups excluding carboxylic acids is 1. The summed E-state index contributed by atoms with van der Waals surface area (Å²) in [6.07, 6.45) is 0.534. The topological polar surface area (TPSA) is 59.6 Å². The summed E-state index contributed by atoms with van der Waals surface area (Å²) in [7, 11) is 0. The maximum absolute atomic E-state index is 10.9. The van der Waals surface area contributed by atoms with Crippen molar-refractivity contribution in [1.82, 2.24) is 10.6 Å². The van der Waals surface area contributed by atoms with E-state index >= 15 is 0 Å². The van der Waals surface area contributed by atoms with Crippen LogP contribution >= 0.6 is 0 Å². The second kappa shape index (κ2) is 7.14. The van der Waals surface area contributed by atoms with E-state index in [1.807, 2.05) is 18.2 Å². The van der Waals surface area contributed by atoms with Crippen LogP contribution < -0.4 is 15.4 Å². The molecular weight excluding hydrogens is 256 g/mol. The van der Waals surface area contributed by atoms with Gasteiger partial charge in [0.25, 0.3) is 0 Å². The third kappa shape index (κ3) is 4.13. The number of amides is 1. The molecule has 1 aromatic carbocycles. The lowest BCUT2D eigenvalue weighted by Gasteiger charge is -2.15. The van der Waals surface area contributed by atoms with Crippen molar-refractivity contribution >= 4 is 6.09 Å². The number of rotatable bonds is 7. The first-order chi connectivity index (χ1) is 9.69. The number of carbonyl (C=O) groups is 1. The lowest BCUT2D eigenvalue weighted by Crippen LogP contribution is -2.22. The SMILES string of the molecule is CCCNC(C)c1cccc(OCC2CNC(=O)O2)c1. The molecule has 110 valence electrons. The van der Waals surface area contributed by atoms with E-state index in [0.29, 0.717) is 19.2 Å². The minimum atomic E-state index is -0.371. The molecule has 0 radical (unpaired) electrons. The van der Waals surface area contributed by atoms with Gasteiger partial charge in [-0.05, 0) is 37.6 Å². The van der Waals surface area contributed by atoms with Gasteiger partial charge >= 0.3 is 6.09 Å². The van der Waals surface area contributed by atoms with Crippen LogP contribution in [0.25, 0.3) is 0 Å². The van der Waals surface area contributed by atoms with Gasteiger partial charge in [-0.1, -0.05) is 19.1 Å². The van der Waals surface area contributed by atoms with Crippen LogP contribution in [0.15, 0.2) is 24.3 Å². The summed E-state index contributed by atoms with van der Waals surface area (Å²) in [6, 6.07) is 8.30. The van der Waals surface area contributed by atoms with Gasteiger partial charge in [0.1, 0.15) is 12.4 Å². The lowest BCUT2D eigenvalue weighted by molar-refractivity contribution is 0.105. The highest BCUT2D eigenvalue weighted by Gasteiger charge is 2.22. The first kappa shape index (κ1) is 14.7. The second-order valence-electron chi connectivity index (χ2n) is 4.97. The summed E-state index contributed by atoms with van der Waals surface area (Å²) in [5.74, 6) is 0.801. The molecule has 0 spiro atoms. The van der Waals surface area contributed by atoms with E-state index in [1.54, 1.807) is 0 Å². The van der Waals surface area contributed by atoms with Crippen molar-refractivity contribution in [3.63, 3.8) is 0 Å². The molecule has 2 atom stereocenters. The van der Waals surface area contributed by atoms with Crippen LogP contribution in [0.3, 0.4) is 0 Å². The van der Waals surface area contributed by atoms with Crippen molar-refractivity contribution in [3.05, 3.63) is 29.8 Å². The van der Waals surface area contributed by atoms with Gasteiger partial charge in [0.2, 0.25) is 0 Å². The molecule has 5 nitrogen and oxygen atoms in total. The Morgan fingerprint density at radius 3 is 3.10 bits per heavy atom. The Balaban J connectivity index is 1.87. The summed E-state index contributed by atoms with van der Waals surface area (Å²) in [5.41, 5.74) is 1.19. The van der Waals surface area contributed by atoms with Gasteiger partial charge in [0.15, 0.2) is 6.10 Å². The number of benzene rings is 1. The molecule has 5 heteroatoms. The Kier molecular flexibility index (Phi) is 5.24. The van der Waals surface area contributed by atoms with Gasteiger partial charge in [-0.3, -0.25) is 0 Å². The Bertz CT molecular complexity index is 450. The Labute approximate surface area is 119 Å². The third-order valence-corrected chi connectivity index (χ3v) is 3.24. The van der Waals surface area contributed by atoms with E-state index in [0.717, 1.165) is 18.7 Å². The largest absolute Gasteiger partial charge is 0.490 e. The van der Waals surface area contributed by atoms with Gasteiger partial charge in [-0.25, -0.2) is 4.79 Å². The van der Waals surface area contributed by atoms with Gasteiger partial charge in [-0.15, -0.1) is 0 Å². The molecule has 2 rings (SSSR count). The van der Waals surface area contributed by atoms with Crippen LogP contribution in [-0.4, -0.2) is 31.9 Å². The fourth-order valence-corrected chi connectivity index (χ4v) is 2.07. The maximum Gasteiger partial charge on any atom is 0.407 e. The molecule has 0 aliphatic carbocycles. The molecule has 1 heterocycles. The maximum atomic E-state index is 10.9. The summed E-state index contributed by atoms with van der Waals surface area (Å²) in [6.45, 7) is 6.16. The zero-order valence-corrected chi connectivity index (χ0v) is 12.0. The van der Waals surface area contributed by atoms with E-state index < -0.39 is 0 Å². The van der Waals surface area contributed by atoms with Gasteiger partial charge < -0.3 is 20.1 Å². The molecule has 1 aliphatic heterocycles. The highest BCUT2D eigenvalue weighted by Crippen LogP contribution is 2.19. The first-order valence-corrected chi connectivity index (χ1v) is 7.09. The van der Waals surface area contributed by atoms with Gasteiger partial charge in [0, 0.05) is 6.04 Å². The predicted octanol–water partition coefficient (Wildman–Crippen LogP) is 2.23. The highest BCUT2D eigenvalue weighted by atomic mass is 16.6. The third-order valence-electron chi connectivity index (χ3n) is 3.24. The lowest BCUT2D eigenvalue weighted by atomic mass is 10.1. The molecular formula is C15H22N2O3. The van der Waals surface area contributed by atoms with Crippen LogP contribution in [0.5, 0.6) is 5.75 Å². The molecule has 1 fully saturated rings. The molecule has 0 saturated carbocycles. The van der Waals surface area contributed by atoms with E-state index in [-0.39, 0.29) is 12.2 Å². The number of alkyl carbamates (subject to hydrolysis) is 1. The quantitative estimate of drug-likeness (QED) is 0.803. The predicted molar refractivity (Wildman–Crippen MR) is 76.9 cm³/mol. The molecule has 1 aliphatic rings. The molecule has 0 aromatic heterocycles. The average Bonchev–Trinajstić information content (AvgIpc) is 2.88. The van der Waals surface area contributed by atoms with Crippen LogP contribution in [0.4, 0.5) is 4.79 Å². The van der Waals surface area contributed by atoms with E-state index in [9.17, 15) is 4.79 Å². The van der Waals surface area contributed by atoms with Crippen molar-refractivity contribution in [3.8, 4) is 5.75 Å². The Morgan fingerprint density at radius 1 is 1.55 bits per heavy atom. The first-order valence-electron chi connectivity index (χ1n) is 7.09. The number of cyclic esters (lactones) is 1. The zero-order valence-electron chi connectivity index (χ0n) is 12.0. The Morgan fingerprint density at radius 2 is 2.40 bits per heavy atom. The molecule has 1 aromatic rings. The fourth-order valence-electron chi connectivity index (χ4n) is 2.07. The van der Waals surface area contributed by atoms with Gasteiger partial charge in [-0.2, -0.15) is 0 Å². The zero-order chi connectivity index (χ0) is 14.4. The summed E-state index contributed by atoms with van der Waals surface area (Å²) in [4.78, 5) is 10.9. The van der Waals surface area contributed by atoms with Crippen molar-refractivity contribution in [2.75, 3.05) is 19.7 Å². The van der Waals surface area contributed by atoms with E-state index in [1.165, 1.54) is 5.56 Å². The fraction of sp³-hybridized carbons (Fsp3) is 0.533. The van der Waals surface area contributed by atoms with Crippen LogP contribution in [0.2, 0.25) is 0 Å². The second-order valence-corrected chi connectivity index (χ2v) is 4.97. The molecule has 2 N–H and O–H groups in total. The summed E-state index contributed by atoms with van der Waals surface area (Å²) < 4.78 is 10.7. The number of ether oxygens (including phenoxy) is 2. The van der Waals surface area contributed by atoms with E-state index in [2.05, 4.69) is 30.5 Å². The molecule has 2 unspecified atom stereocenters. The highest BCUT2D eigenvalue weighted by molar-refractivity contribution is 5.69. The van der Waals surface area contributed by atoms with Crippen LogP contribution in [0.1, 0.15) is 31.9 Å². The molecule has 20 heavy (non-hydrogen) atoms. The van der Waals surface area contributed by atoms with Crippen molar-refractivity contribution in [2.24, 2.45) is 0 Å². The monoisotopic (exact) mass is 278 g/mol. The molecule has 0 bridgehead atoms. The summed E-state index contributed by atoms with van der Waals surface area (Å²) >= 11 is 0. The number of hydrogen-bond acceptors (Lipinski definition) is 4. The number of nitrogens with one attached hydrogen (secondary N) is 2. The standard InChI is InChI=1S/C15H22N2O3/c1-3-7-16-11(2)12-5-4-6-13(8-12)19-10-14-9-17-15(18)20-14/h4-6,8,11,14,16H,3,7,9-10H2,1-2H3,(H,17,18). The van der Waals surface area contributed by atoms with Crippen molar-refractivity contribution < 1.29 is 14.3 Å². The molecule has 1 amide bonds. The molecule has 1 saturated heterocycles. The van der Waals surface area contributed by atoms with Crippen molar-refractivity contribution in [2.45, 2.75) is 32.4 Å². The smallest absolute Gasteiger partial charge is 0.407 e. The normalized spacial score (nSPS) is 19.3. The number of hydrogen-bond donors (Lipinski definition) is 2. The van der Waals surface area contributed by atoms with Crippen LogP contribution in [0, 0.1) is 0 Å². The van der Waals surface area contributed by atoms with Crippen molar-refractivity contribution in [1.29, 1.82) is 0 Å².